The largest absolute Gasteiger partial charge is 0.463 e. The summed E-state index contributed by atoms with van der Waals surface area (Å²) in [4.78, 5) is 13.3. The number of carbonyl (C=O) groups is 1. The molecule has 106 valence electrons. The minimum atomic E-state index is -2.90. The number of hydrogen-bond acceptors (Lipinski definition) is 6. The molecular formula is C12H17NO5S. The third-order valence-electron chi connectivity index (χ3n) is 3.08. The summed E-state index contributed by atoms with van der Waals surface area (Å²) >= 11 is 0. The number of sulfone groups is 1. The Kier molecular flexibility index (Phi) is 4.26. The maximum absolute atomic E-state index is 11.5. The van der Waals surface area contributed by atoms with Gasteiger partial charge in [-0.25, -0.2) is 13.2 Å². The van der Waals surface area contributed by atoms with Crippen molar-refractivity contribution in [3.05, 3.63) is 23.7 Å². The van der Waals surface area contributed by atoms with Crippen molar-refractivity contribution in [2.24, 2.45) is 0 Å². The van der Waals surface area contributed by atoms with Gasteiger partial charge < -0.3 is 9.15 Å². The lowest BCUT2D eigenvalue weighted by atomic mass is 10.3. The highest BCUT2D eigenvalue weighted by Gasteiger charge is 2.20. The van der Waals surface area contributed by atoms with Crippen molar-refractivity contribution in [3.63, 3.8) is 0 Å². The van der Waals surface area contributed by atoms with Gasteiger partial charge in [0.1, 0.15) is 5.76 Å². The molecule has 1 aromatic heterocycles. The van der Waals surface area contributed by atoms with Gasteiger partial charge in [0.05, 0.1) is 25.2 Å². The number of carbonyl (C=O) groups excluding carboxylic acids is 1. The summed E-state index contributed by atoms with van der Waals surface area (Å²) in [6.07, 6.45) is 0.632. The molecule has 1 fully saturated rings. The van der Waals surface area contributed by atoms with Gasteiger partial charge in [-0.1, -0.05) is 0 Å². The predicted molar refractivity (Wildman–Crippen MR) is 68.6 cm³/mol. The normalized spacial score (nSPS) is 19.8. The van der Waals surface area contributed by atoms with Crippen LogP contribution in [0.1, 0.15) is 22.7 Å². The van der Waals surface area contributed by atoms with Gasteiger partial charge in [-0.15, -0.1) is 0 Å². The third-order valence-corrected chi connectivity index (χ3v) is 4.79. The summed E-state index contributed by atoms with van der Waals surface area (Å²) in [5.41, 5.74) is 0. The second-order valence-electron chi connectivity index (χ2n) is 4.54. The molecule has 1 aliphatic rings. The van der Waals surface area contributed by atoms with Crippen molar-refractivity contribution in [3.8, 4) is 0 Å². The van der Waals surface area contributed by atoms with E-state index in [1.165, 1.54) is 7.11 Å². The average molecular weight is 287 g/mol. The van der Waals surface area contributed by atoms with Crippen LogP contribution in [0.25, 0.3) is 0 Å². The van der Waals surface area contributed by atoms with Crippen molar-refractivity contribution >= 4 is 15.8 Å². The summed E-state index contributed by atoms with van der Waals surface area (Å²) in [6.45, 7) is 1.72. The molecule has 1 aliphatic heterocycles. The molecule has 0 unspecified atom stereocenters. The van der Waals surface area contributed by atoms with Crippen LogP contribution in [0.5, 0.6) is 0 Å². The Morgan fingerprint density at radius 2 is 2.16 bits per heavy atom. The van der Waals surface area contributed by atoms with Crippen molar-refractivity contribution in [2.75, 3.05) is 31.7 Å². The van der Waals surface area contributed by atoms with Crippen LogP contribution in [0.15, 0.2) is 16.5 Å². The quantitative estimate of drug-likeness (QED) is 0.761. The number of nitrogens with zero attached hydrogens (tertiary/aromatic N) is 1. The molecule has 0 atom stereocenters. The number of esters is 1. The van der Waals surface area contributed by atoms with E-state index < -0.39 is 15.8 Å². The van der Waals surface area contributed by atoms with Crippen LogP contribution >= 0.6 is 0 Å². The highest BCUT2D eigenvalue weighted by Crippen LogP contribution is 2.14. The summed E-state index contributed by atoms with van der Waals surface area (Å²) in [5.74, 6) is 0.719. The van der Waals surface area contributed by atoms with Gasteiger partial charge in [0, 0.05) is 6.54 Å². The van der Waals surface area contributed by atoms with Gasteiger partial charge >= 0.3 is 5.97 Å². The van der Waals surface area contributed by atoms with Crippen LogP contribution in [-0.4, -0.2) is 51.0 Å². The maximum Gasteiger partial charge on any atom is 0.373 e. The van der Waals surface area contributed by atoms with E-state index in [0.29, 0.717) is 31.8 Å². The Morgan fingerprint density at radius 1 is 1.37 bits per heavy atom. The van der Waals surface area contributed by atoms with Crippen LogP contribution in [0.2, 0.25) is 0 Å². The lowest BCUT2D eigenvalue weighted by molar-refractivity contribution is 0.0561. The number of ether oxygens (including phenoxy) is 1. The summed E-state index contributed by atoms with van der Waals surface area (Å²) in [6, 6.07) is 3.28. The Morgan fingerprint density at radius 3 is 2.89 bits per heavy atom. The van der Waals surface area contributed by atoms with E-state index in [2.05, 4.69) is 4.74 Å². The topological polar surface area (TPSA) is 76.8 Å². The molecule has 0 aliphatic carbocycles. The smallest absolute Gasteiger partial charge is 0.373 e. The minimum Gasteiger partial charge on any atom is -0.463 e. The summed E-state index contributed by atoms with van der Waals surface area (Å²) in [7, 11) is -1.61. The molecule has 1 saturated heterocycles. The monoisotopic (exact) mass is 287 g/mol. The third kappa shape index (κ3) is 3.81. The first-order valence-electron chi connectivity index (χ1n) is 6.10. The first kappa shape index (κ1) is 14.1. The predicted octanol–water partition coefficient (Wildman–Crippen LogP) is 0.687. The SMILES string of the molecule is COC(=O)c1ccc(CN2CCCS(=O)(=O)CC2)o1. The average Bonchev–Trinajstić information content (AvgIpc) is 2.76. The molecule has 2 heterocycles. The molecule has 0 bridgehead atoms. The van der Waals surface area contributed by atoms with Crippen LogP contribution in [0, 0.1) is 0 Å². The molecule has 0 amide bonds. The lowest BCUT2D eigenvalue weighted by Crippen LogP contribution is -2.26. The molecule has 0 aromatic carbocycles. The van der Waals surface area contributed by atoms with E-state index in [1.54, 1.807) is 12.1 Å². The highest BCUT2D eigenvalue weighted by molar-refractivity contribution is 7.91. The number of hydrogen-bond donors (Lipinski definition) is 0. The first-order chi connectivity index (χ1) is 9.00. The summed E-state index contributed by atoms with van der Waals surface area (Å²) < 4.78 is 32.9. The Balaban J connectivity index is 1.97. The van der Waals surface area contributed by atoms with E-state index in [1.807, 2.05) is 4.90 Å². The fourth-order valence-electron chi connectivity index (χ4n) is 2.04. The molecule has 0 spiro atoms. The fourth-order valence-corrected chi connectivity index (χ4v) is 3.35. The zero-order valence-electron chi connectivity index (χ0n) is 10.8. The van der Waals surface area contributed by atoms with Gasteiger partial charge in [0.25, 0.3) is 0 Å². The minimum absolute atomic E-state index is 0.167. The molecule has 0 saturated carbocycles. The van der Waals surface area contributed by atoms with E-state index in [0.717, 1.165) is 0 Å². The van der Waals surface area contributed by atoms with E-state index in [9.17, 15) is 13.2 Å². The second-order valence-corrected chi connectivity index (χ2v) is 6.84. The molecule has 7 heteroatoms. The summed E-state index contributed by atoms with van der Waals surface area (Å²) in [5, 5.41) is 0. The van der Waals surface area contributed by atoms with Crippen molar-refractivity contribution in [1.82, 2.24) is 4.90 Å². The van der Waals surface area contributed by atoms with Gasteiger partial charge in [-0.3, -0.25) is 4.90 Å². The van der Waals surface area contributed by atoms with Crippen molar-refractivity contribution in [2.45, 2.75) is 13.0 Å². The van der Waals surface area contributed by atoms with Gasteiger partial charge in [-0.05, 0) is 25.1 Å². The second kappa shape index (κ2) is 5.75. The van der Waals surface area contributed by atoms with Crippen LogP contribution in [0.3, 0.4) is 0 Å². The molecule has 0 N–H and O–H groups in total. The van der Waals surface area contributed by atoms with E-state index >= 15 is 0 Å². The zero-order chi connectivity index (χ0) is 13.9. The molecule has 1 aromatic rings. The highest BCUT2D eigenvalue weighted by atomic mass is 32.2. The molecule has 19 heavy (non-hydrogen) atoms. The zero-order valence-corrected chi connectivity index (χ0v) is 11.6. The molecule has 2 rings (SSSR count). The number of methoxy groups -OCH3 is 1. The van der Waals surface area contributed by atoms with Crippen LogP contribution in [0.4, 0.5) is 0 Å². The Bertz CT molecular complexity index is 548. The van der Waals surface area contributed by atoms with E-state index in [4.69, 9.17) is 4.42 Å². The van der Waals surface area contributed by atoms with Gasteiger partial charge in [-0.2, -0.15) is 0 Å². The van der Waals surface area contributed by atoms with Crippen molar-refractivity contribution in [1.29, 1.82) is 0 Å². The van der Waals surface area contributed by atoms with Crippen LogP contribution < -0.4 is 0 Å². The fraction of sp³-hybridized carbons (Fsp3) is 0.583. The maximum atomic E-state index is 11.5. The van der Waals surface area contributed by atoms with Crippen molar-refractivity contribution < 1.29 is 22.4 Å². The molecule has 6 nitrogen and oxygen atoms in total. The van der Waals surface area contributed by atoms with Crippen LogP contribution in [-0.2, 0) is 21.1 Å². The standard InChI is InChI=1S/C12H17NO5S/c1-17-12(14)11-4-3-10(18-11)9-13-5-2-7-19(15,16)8-6-13/h3-4H,2,5-9H2,1H3. The van der Waals surface area contributed by atoms with Gasteiger partial charge in [0.15, 0.2) is 9.84 Å². The Labute approximate surface area is 112 Å². The Hall–Kier alpha value is -1.34. The lowest BCUT2D eigenvalue weighted by Gasteiger charge is -2.17. The van der Waals surface area contributed by atoms with E-state index in [-0.39, 0.29) is 17.3 Å². The molecular weight excluding hydrogens is 270 g/mol. The number of rotatable bonds is 3. The van der Waals surface area contributed by atoms with Gasteiger partial charge in [0.2, 0.25) is 5.76 Å². The number of furan rings is 1. The first-order valence-corrected chi connectivity index (χ1v) is 7.92. The molecule has 0 radical (unpaired) electrons.